The van der Waals surface area contributed by atoms with Crippen LogP contribution < -0.4 is 14.2 Å². The number of ketones is 1. The van der Waals surface area contributed by atoms with Crippen molar-refractivity contribution in [2.75, 3.05) is 27.9 Å². The van der Waals surface area contributed by atoms with E-state index in [0.29, 0.717) is 17.1 Å². The molecule has 1 N–H and O–H groups in total. The Balaban J connectivity index is 1.82. The molecule has 0 saturated heterocycles. The number of aromatic nitrogens is 1. The van der Waals surface area contributed by atoms with Gasteiger partial charge in [-0.25, -0.2) is 4.79 Å². The maximum atomic E-state index is 12.7. The summed E-state index contributed by atoms with van der Waals surface area (Å²) in [5.41, 5.74) is 2.24. The van der Waals surface area contributed by atoms with Gasteiger partial charge < -0.3 is 23.9 Å². The maximum Gasteiger partial charge on any atom is 0.342 e. The molecule has 3 rings (SSSR count). The van der Waals surface area contributed by atoms with Crippen LogP contribution in [0.1, 0.15) is 26.4 Å². The average molecular weight is 383 g/mol. The van der Waals surface area contributed by atoms with E-state index in [2.05, 4.69) is 4.98 Å². The van der Waals surface area contributed by atoms with E-state index in [9.17, 15) is 9.59 Å². The summed E-state index contributed by atoms with van der Waals surface area (Å²) in [6.45, 7) is 1.42. The van der Waals surface area contributed by atoms with Crippen LogP contribution in [-0.2, 0) is 4.74 Å². The molecule has 0 amide bonds. The molecule has 0 aliphatic rings. The second-order valence-corrected chi connectivity index (χ2v) is 6.08. The number of para-hydroxylation sites is 1. The highest BCUT2D eigenvalue weighted by Crippen LogP contribution is 2.35. The zero-order valence-corrected chi connectivity index (χ0v) is 16.1. The third kappa shape index (κ3) is 3.51. The third-order valence-corrected chi connectivity index (χ3v) is 4.43. The van der Waals surface area contributed by atoms with Crippen molar-refractivity contribution >= 4 is 22.7 Å². The normalized spacial score (nSPS) is 10.6. The van der Waals surface area contributed by atoms with Crippen LogP contribution in [0.15, 0.2) is 36.4 Å². The molecule has 2 aromatic carbocycles. The molecule has 0 bridgehead atoms. The smallest absolute Gasteiger partial charge is 0.342 e. The van der Waals surface area contributed by atoms with E-state index in [4.69, 9.17) is 18.9 Å². The highest BCUT2D eigenvalue weighted by Gasteiger charge is 2.22. The molecule has 1 aromatic heterocycles. The molecule has 146 valence electrons. The predicted octanol–water partition coefficient (Wildman–Crippen LogP) is 3.54. The van der Waals surface area contributed by atoms with E-state index in [1.807, 2.05) is 31.2 Å². The first-order valence-electron chi connectivity index (χ1n) is 8.57. The van der Waals surface area contributed by atoms with Crippen molar-refractivity contribution in [2.45, 2.75) is 6.92 Å². The quantitative estimate of drug-likeness (QED) is 0.496. The molecule has 7 heteroatoms. The summed E-state index contributed by atoms with van der Waals surface area (Å²) in [7, 11) is 4.37. The lowest BCUT2D eigenvalue weighted by Crippen LogP contribution is -2.15. The number of H-pyrrole nitrogens is 1. The van der Waals surface area contributed by atoms with Crippen LogP contribution in [0.2, 0.25) is 0 Å². The summed E-state index contributed by atoms with van der Waals surface area (Å²) in [6, 6.07) is 10.5. The first kappa shape index (κ1) is 19.3. The van der Waals surface area contributed by atoms with Crippen LogP contribution in [-0.4, -0.2) is 44.7 Å². The number of rotatable bonds is 7. The zero-order chi connectivity index (χ0) is 20.3. The predicted molar refractivity (Wildman–Crippen MR) is 104 cm³/mol. The lowest BCUT2D eigenvalue weighted by molar-refractivity contribution is 0.0471. The van der Waals surface area contributed by atoms with Crippen molar-refractivity contribution in [3.63, 3.8) is 0 Å². The van der Waals surface area contributed by atoms with Crippen molar-refractivity contribution in [1.82, 2.24) is 4.98 Å². The minimum Gasteiger partial charge on any atom is -0.496 e. The van der Waals surface area contributed by atoms with Gasteiger partial charge in [-0.15, -0.1) is 0 Å². The number of fused-ring (bicyclic) bond motifs is 1. The molecule has 0 aliphatic carbocycles. The number of methoxy groups -OCH3 is 3. The van der Waals surface area contributed by atoms with Gasteiger partial charge in [-0.05, 0) is 13.0 Å². The summed E-state index contributed by atoms with van der Waals surface area (Å²) < 4.78 is 20.9. The Labute approximate surface area is 162 Å². The molecular formula is C21H21NO6. The van der Waals surface area contributed by atoms with Crippen molar-refractivity contribution in [2.24, 2.45) is 0 Å². The van der Waals surface area contributed by atoms with Gasteiger partial charge in [-0.3, -0.25) is 4.79 Å². The topological polar surface area (TPSA) is 86.9 Å². The summed E-state index contributed by atoms with van der Waals surface area (Å²) in [6.07, 6.45) is 0. The second kappa shape index (κ2) is 8.04. The number of Topliss-reactive ketones (excluding diaryl/α,β-unsaturated/α-hetero) is 1. The van der Waals surface area contributed by atoms with Gasteiger partial charge in [0.25, 0.3) is 0 Å². The fraction of sp³-hybridized carbons (Fsp3) is 0.238. The summed E-state index contributed by atoms with van der Waals surface area (Å²) >= 11 is 0. The molecule has 0 atom stereocenters. The highest BCUT2D eigenvalue weighted by atomic mass is 16.5. The largest absolute Gasteiger partial charge is 0.496 e. The van der Waals surface area contributed by atoms with Crippen molar-refractivity contribution in [3.8, 4) is 17.2 Å². The number of carbonyl (C=O) groups excluding carboxylic acids is 2. The standard InChI is InChI=1S/C21H21NO6/c1-12-20(13-7-5-6-8-15(13)22-12)16(23)11-28-21(24)14-9-18(26-3)19(27-4)10-17(14)25-2/h5-10,22H,11H2,1-4H3. The van der Waals surface area contributed by atoms with Crippen molar-refractivity contribution in [3.05, 3.63) is 53.2 Å². The van der Waals surface area contributed by atoms with Crippen LogP contribution in [0.5, 0.6) is 17.2 Å². The summed E-state index contributed by atoms with van der Waals surface area (Å²) in [4.78, 5) is 28.4. The van der Waals surface area contributed by atoms with Gasteiger partial charge in [0, 0.05) is 34.3 Å². The number of benzene rings is 2. The van der Waals surface area contributed by atoms with Gasteiger partial charge in [0.2, 0.25) is 5.78 Å². The molecule has 3 aromatic rings. The van der Waals surface area contributed by atoms with Gasteiger partial charge in [-0.1, -0.05) is 18.2 Å². The molecule has 0 aliphatic heterocycles. The van der Waals surface area contributed by atoms with Crippen LogP contribution in [0, 0.1) is 6.92 Å². The zero-order valence-electron chi connectivity index (χ0n) is 16.1. The van der Waals surface area contributed by atoms with E-state index in [0.717, 1.165) is 16.6 Å². The van der Waals surface area contributed by atoms with E-state index in [1.54, 1.807) is 0 Å². The van der Waals surface area contributed by atoms with E-state index < -0.39 is 5.97 Å². The summed E-state index contributed by atoms with van der Waals surface area (Å²) in [5.74, 6) is 0.0557. The Morgan fingerprint density at radius 1 is 0.929 bits per heavy atom. The molecule has 28 heavy (non-hydrogen) atoms. The van der Waals surface area contributed by atoms with Crippen LogP contribution in [0.4, 0.5) is 0 Å². The third-order valence-electron chi connectivity index (χ3n) is 4.43. The number of aryl methyl sites for hydroxylation is 1. The monoisotopic (exact) mass is 383 g/mol. The van der Waals surface area contributed by atoms with Gasteiger partial charge in [0.1, 0.15) is 11.3 Å². The first-order valence-corrected chi connectivity index (χ1v) is 8.57. The number of ether oxygens (including phenoxy) is 4. The second-order valence-electron chi connectivity index (χ2n) is 6.08. The SMILES string of the molecule is COc1cc(OC)c(C(=O)OCC(=O)c2c(C)[nH]c3ccccc23)cc1OC. The minimum atomic E-state index is -0.691. The van der Waals surface area contributed by atoms with Crippen LogP contribution in [0.3, 0.4) is 0 Å². The molecule has 7 nitrogen and oxygen atoms in total. The number of aromatic amines is 1. The summed E-state index contributed by atoms with van der Waals surface area (Å²) in [5, 5.41) is 0.796. The minimum absolute atomic E-state index is 0.142. The van der Waals surface area contributed by atoms with Gasteiger partial charge in [0.05, 0.1) is 21.3 Å². The van der Waals surface area contributed by atoms with Gasteiger partial charge >= 0.3 is 5.97 Å². The van der Waals surface area contributed by atoms with E-state index in [-0.39, 0.29) is 23.7 Å². The Bertz CT molecular complexity index is 1040. The van der Waals surface area contributed by atoms with Crippen LogP contribution >= 0.6 is 0 Å². The fourth-order valence-corrected chi connectivity index (χ4v) is 3.11. The lowest BCUT2D eigenvalue weighted by Gasteiger charge is -2.13. The lowest BCUT2D eigenvalue weighted by atomic mass is 10.1. The fourth-order valence-electron chi connectivity index (χ4n) is 3.11. The number of hydrogen-bond acceptors (Lipinski definition) is 6. The number of nitrogens with one attached hydrogen (secondary N) is 1. The van der Waals surface area contributed by atoms with Crippen molar-refractivity contribution < 1.29 is 28.5 Å². The first-order chi connectivity index (χ1) is 13.5. The van der Waals surface area contributed by atoms with E-state index in [1.165, 1.54) is 33.5 Å². The van der Waals surface area contributed by atoms with Crippen LogP contribution in [0.25, 0.3) is 10.9 Å². The highest BCUT2D eigenvalue weighted by molar-refractivity contribution is 6.10. The molecular weight excluding hydrogens is 362 g/mol. The van der Waals surface area contributed by atoms with Crippen molar-refractivity contribution in [1.29, 1.82) is 0 Å². The molecule has 0 fully saturated rings. The Hall–Kier alpha value is -3.48. The molecule has 0 saturated carbocycles. The number of hydrogen-bond donors (Lipinski definition) is 1. The Morgan fingerprint density at radius 3 is 2.25 bits per heavy atom. The maximum absolute atomic E-state index is 12.7. The van der Waals surface area contributed by atoms with Gasteiger partial charge in [-0.2, -0.15) is 0 Å². The Kier molecular flexibility index (Phi) is 5.54. The Morgan fingerprint density at radius 2 is 1.57 bits per heavy atom. The molecule has 0 unspecified atom stereocenters. The van der Waals surface area contributed by atoms with E-state index >= 15 is 0 Å². The van der Waals surface area contributed by atoms with Gasteiger partial charge in [0.15, 0.2) is 18.1 Å². The number of carbonyl (C=O) groups is 2. The average Bonchev–Trinajstić information content (AvgIpc) is 3.06. The molecule has 0 radical (unpaired) electrons. The number of esters is 1. The molecule has 0 spiro atoms. The molecule has 1 heterocycles.